The molecule has 0 saturated heterocycles. The minimum absolute atomic E-state index is 0.0739. The van der Waals surface area contributed by atoms with Gasteiger partial charge in [-0.05, 0) is 66.7 Å². The number of sulfonamides is 1. The van der Waals surface area contributed by atoms with Crippen LogP contribution in [0.15, 0.2) is 83.9 Å². The lowest BCUT2D eigenvalue weighted by Crippen LogP contribution is -2.20. The van der Waals surface area contributed by atoms with Crippen LogP contribution in [-0.4, -0.2) is 31.5 Å². The number of carbonyl (C=O) groups is 1. The fourth-order valence-corrected chi connectivity index (χ4v) is 4.06. The van der Waals surface area contributed by atoms with Crippen LogP contribution in [0.25, 0.3) is 0 Å². The van der Waals surface area contributed by atoms with Crippen LogP contribution < -0.4 is 26.0 Å². The van der Waals surface area contributed by atoms with Gasteiger partial charge in [0, 0.05) is 36.0 Å². The lowest BCUT2D eigenvalue weighted by atomic mass is 10.2. The maximum Gasteiger partial charge on any atom is 0.416 e. The standard InChI is InChI=1S/C25H21F4N7O3S/c1-36(22-9-10-31-23(35-22)32-18-3-2-4-21(14-18)40(30,38)39)20-7-5-17(6-8-20)33-24(37)34-19-12-15(25(27,28)29)11-16(26)13-19/h2-14H,1H3,(H2,30,38,39)(H,31,32,35)(H2,33,34,37). The van der Waals surface area contributed by atoms with E-state index in [1.807, 2.05) is 0 Å². The first kappa shape index (κ1) is 28.3. The number of primary sulfonamides is 1. The Morgan fingerprint density at radius 1 is 0.925 bits per heavy atom. The Kier molecular flexibility index (Phi) is 7.88. The largest absolute Gasteiger partial charge is 0.416 e. The second-order valence-corrected chi connectivity index (χ2v) is 9.91. The molecular formula is C25H21F4N7O3S. The average Bonchev–Trinajstić information content (AvgIpc) is 2.87. The molecule has 0 atom stereocenters. The van der Waals surface area contributed by atoms with Crippen LogP contribution in [0.5, 0.6) is 0 Å². The number of rotatable bonds is 7. The monoisotopic (exact) mass is 575 g/mol. The fourth-order valence-electron chi connectivity index (χ4n) is 3.50. The number of carbonyl (C=O) groups excluding carboxylic acids is 1. The Morgan fingerprint density at radius 3 is 2.30 bits per heavy atom. The highest BCUT2D eigenvalue weighted by atomic mass is 32.2. The Labute approximate surface area is 225 Å². The SMILES string of the molecule is CN(c1ccc(NC(=O)Nc2cc(F)cc(C(F)(F)F)c2)cc1)c1ccnc(Nc2cccc(S(N)(=O)=O)c2)n1. The van der Waals surface area contributed by atoms with E-state index in [0.29, 0.717) is 35.0 Å². The number of nitrogens with zero attached hydrogens (tertiary/aromatic N) is 3. The smallest absolute Gasteiger partial charge is 0.329 e. The van der Waals surface area contributed by atoms with Gasteiger partial charge in [0.15, 0.2) is 0 Å². The predicted octanol–water partition coefficient (Wildman–Crippen LogP) is 5.44. The lowest BCUT2D eigenvalue weighted by Gasteiger charge is -2.19. The number of anilines is 6. The minimum atomic E-state index is -4.77. The first-order valence-electron chi connectivity index (χ1n) is 11.3. The molecule has 0 aliphatic carbocycles. The molecular weight excluding hydrogens is 554 g/mol. The number of urea groups is 1. The molecule has 2 amide bonds. The maximum atomic E-state index is 13.6. The van der Waals surface area contributed by atoms with Crippen molar-refractivity contribution in [2.24, 2.45) is 5.14 Å². The zero-order valence-electron chi connectivity index (χ0n) is 20.6. The van der Waals surface area contributed by atoms with E-state index in [2.05, 4.69) is 25.9 Å². The van der Waals surface area contributed by atoms with E-state index >= 15 is 0 Å². The molecule has 0 bridgehead atoms. The van der Waals surface area contributed by atoms with Crippen LogP contribution in [0.4, 0.5) is 56.9 Å². The van der Waals surface area contributed by atoms with Gasteiger partial charge in [-0.2, -0.15) is 18.2 Å². The predicted molar refractivity (Wildman–Crippen MR) is 142 cm³/mol. The molecule has 1 aromatic heterocycles. The molecule has 0 aliphatic rings. The van der Waals surface area contributed by atoms with Crippen LogP contribution >= 0.6 is 0 Å². The van der Waals surface area contributed by atoms with E-state index in [-0.39, 0.29) is 16.5 Å². The summed E-state index contributed by atoms with van der Waals surface area (Å²) < 4.78 is 75.5. The van der Waals surface area contributed by atoms with Gasteiger partial charge in [0.1, 0.15) is 11.6 Å². The van der Waals surface area contributed by atoms with Gasteiger partial charge in [0.2, 0.25) is 16.0 Å². The Balaban J connectivity index is 1.42. The quantitative estimate of drug-likeness (QED) is 0.215. The van der Waals surface area contributed by atoms with Gasteiger partial charge in [-0.3, -0.25) is 0 Å². The number of benzene rings is 3. The molecule has 0 aliphatic heterocycles. The highest BCUT2D eigenvalue weighted by molar-refractivity contribution is 7.89. The maximum absolute atomic E-state index is 13.6. The van der Waals surface area contributed by atoms with Gasteiger partial charge in [0.05, 0.1) is 10.5 Å². The van der Waals surface area contributed by atoms with E-state index < -0.39 is 33.6 Å². The lowest BCUT2D eigenvalue weighted by molar-refractivity contribution is -0.137. The summed E-state index contributed by atoms with van der Waals surface area (Å²) in [6.45, 7) is 0. The number of aromatic nitrogens is 2. The van der Waals surface area contributed by atoms with Crippen molar-refractivity contribution in [2.75, 3.05) is 27.9 Å². The zero-order valence-corrected chi connectivity index (χ0v) is 21.4. The minimum Gasteiger partial charge on any atom is -0.329 e. The Hall–Kier alpha value is -4.76. The third-order valence-electron chi connectivity index (χ3n) is 5.40. The molecule has 5 N–H and O–H groups in total. The van der Waals surface area contributed by atoms with Gasteiger partial charge in [-0.25, -0.2) is 27.7 Å². The number of alkyl halides is 3. The topological polar surface area (TPSA) is 142 Å². The number of amides is 2. The van der Waals surface area contributed by atoms with Gasteiger partial charge < -0.3 is 20.9 Å². The summed E-state index contributed by atoms with van der Waals surface area (Å²) in [6, 6.07) is 14.8. The first-order valence-corrected chi connectivity index (χ1v) is 12.8. The molecule has 0 radical (unpaired) electrons. The molecule has 4 rings (SSSR count). The number of hydrogen-bond acceptors (Lipinski definition) is 7. The molecule has 1 heterocycles. The molecule has 10 nitrogen and oxygen atoms in total. The Morgan fingerprint density at radius 2 is 1.62 bits per heavy atom. The molecule has 0 spiro atoms. The van der Waals surface area contributed by atoms with Crippen molar-refractivity contribution >= 4 is 50.6 Å². The van der Waals surface area contributed by atoms with E-state index in [4.69, 9.17) is 5.14 Å². The molecule has 0 saturated carbocycles. The second kappa shape index (κ2) is 11.2. The van der Waals surface area contributed by atoms with Crippen molar-refractivity contribution in [1.29, 1.82) is 0 Å². The fraction of sp³-hybridized carbons (Fsp3) is 0.0800. The van der Waals surface area contributed by atoms with Gasteiger partial charge >= 0.3 is 12.2 Å². The summed E-state index contributed by atoms with van der Waals surface area (Å²) in [5, 5.41) is 12.7. The summed E-state index contributed by atoms with van der Waals surface area (Å²) in [7, 11) is -2.16. The van der Waals surface area contributed by atoms with Crippen molar-refractivity contribution in [3.05, 3.63) is 90.4 Å². The molecule has 40 heavy (non-hydrogen) atoms. The highest BCUT2D eigenvalue weighted by Crippen LogP contribution is 2.32. The van der Waals surface area contributed by atoms with Crippen LogP contribution in [-0.2, 0) is 16.2 Å². The van der Waals surface area contributed by atoms with Crippen molar-refractivity contribution in [2.45, 2.75) is 11.1 Å². The summed E-state index contributed by atoms with van der Waals surface area (Å²) in [4.78, 5) is 22.5. The number of nitrogens with one attached hydrogen (secondary N) is 3. The van der Waals surface area contributed by atoms with E-state index in [9.17, 15) is 30.8 Å². The van der Waals surface area contributed by atoms with Crippen LogP contribution in [0.2, 0.25) is 0 Å². The van der Waals surface area contributed by atoms with Crippen molar-refractivity contribution in [3.8, 4) is 0 Å². The van der Waals surface area contributed by atoms with Crippen LogP contribution in [0, 0.1) is 5.82 Å². The van der Waals surface area contributed by atoms with Crippen molar-refractivity contribution in [1.82, 2.24) is 9.97 Å². The van der Waals surface area contributed by atoms with Crippen LogP contribution in [0.3, 0.4) is 0 Å². The highest BCUT2D eigenvalue weighted by Gasteiger charge is 2.31. The van der Waals surface area contributed by atoms with Crippen molar-refractivity contribution < 1.29 is 30.8 Å². The van der Waals surface area contributed by atoms with E-state index in [1.165, 1.54) is 24.4 Å². The molecule has 0 fully saturated rings. The summed E-state index contributed by atoms with van der Waals surface area (Å²) in [5.41, 5.74) is -0.192. The molecule has 3 aromatic carbocycles. The first-order chi connectivity index (χ1) is 18.8. The van der Waals surface area contributed by atoms with E-state index in [1.54, 1.807) is 48.3 Å². The summed E-state index contributed by atoms with van der Waals surface area (Å²) in [5.74, 6) is -0.473. The Bertz CT molecular complexity index is 1650. The molecule has 15 heteroatoms. The van der Waals surface area contributed by atoms with Gasteiger partial charge in [-0.15, -0.1) is 0 Å². The third kappa shape index (κ3) is 7.21. The van der Waals surface area contributed by atoms with E-state index in [0.717, 1.165) is 6.07 Å². The van der Waals surface area contributed by atoms with Gasteiger partial charge in [-0.1, -0.05) is 6.07 Å². The molecule has 0 unspecified atom stereocenters. The normalized spacial score (nSPS) is 11.6. The average molecular weight is 576 g/mol. The number of hydrogen-bond donors (Lipinski definition) is 4. The van der Waals surface area contributed by atoms with Crippen molar-refractivity contribution in [3.63, 3.8) is 0 Å². The zero-order chi connectivity index (χ0) is 29.1. The number of nitrogens with two attached hydrogens (primary N) is 1. The number of halogens is 4. The van der Waals surface area contributed by atoms with Crippen LogP contribution in [0.1, 0.15) is 5.56 Å². The third-order valence-corrected chi connectivity index (χ3v) is 6.31. The summed E-state index contributed by atoms with van der Waals surface area (Å²) >= 11 is 0. The molecule has 4 aromatic rings. The summed E-state index contributed by atoms with van der Waals surface area (Å²) in [6.07, 6.45) is -3.27. The molecule has 208 valence electrons. The van der Waals surface area contributed by atoms with Gasteiger partial charge in [0.25, 0.3) is 0 Å². The second-order valence-electron chi connectivity index (χ2n) is 8.35.